The number of anilines is 1. The Kier molecular flexibility index (Phi) is 6.03. The number of hydrogen-bond donors (Lipinski definition) is 1. The van der Waals surface area contributed by atoms with Crippen LogP contribution in [-0.2, 0) is 14.9 Å². The van der Waals surface area contributed by atoms with Gasteiger partial charge in [-0.3, -0.25) is 9.52 Å². The molecule has 3 saturated heterocycles. The fraction of sp³-hybridized carbons (Fsp3) is 0.480. The van der Waals surface area contributed by atoms with Crippen LogP contribution in [0, 0.1) is 19.8 Å². The number of rotatable bonds is 7. The van der Waals surface area contributed by atoms with Gasteiger partial charge in [-0.2, -0.15) is 12.7 Å². The van der Waals surface area contributed by atoms with Crippen LogP contribution in [0.25, 0.3) is 0 Å². The zero-order valence-electron chi connectivity index (χ0n) is 19.7. The van der Waals surface area contributed by atoms with Gasteiger partial charge in [-0.1, -0.05) is 23.8 Å². The summed E-state index contributed by atoms with van der Waals surface area (Å²) in [7, 11) is -1.98. The molecule has 2 atom stereocenters. The lowest BCUT2D eigenvalue weighted by molar-refractivity contribution is 0.0340. The molecule has 2 unspecified atom stereocenters. The van der Waals surface area contributed by atoms with E-state index in [4.69, 9.17) is 9.47 Å². The molecule has 3 aliphatic heterocycles. The minimum Gasteiger partial charge on any atom is -0.486 e. The SMILES string of the molecule is COC1CN(C(=O)c2cc(C)ccc2C)CC1Oc1cccc(NS(=O)(=O)N2CC3CC2C3)c1. The first-order chi connectivity index (χ1) is 16.2. The molecule has 1 aliphatic carbocycles. The summed E-state index contributed by atoms with van der Waals surface area (Å²) in [6.45, 7) is 5.31. The second kappa shape index (κ2) is 8.87. The van der Waals surface area contributed by atoms with Gasteiger partial charge < -0.3 is 14.4 Å². The summed E-state index contributed by atoms with van der Waals surface area (Å²) in [5.41, 5.74) is 3.11. The summed E-state index contributed by atoms with van der Waals surface area (Å²) in [6.07, 6.45) is 1.27. The van der Waals surface area contributed by atoms with Gasteiger partial charge in [0.2, 0.25) is 0 Å². The van der Waals surface area contributed by atoms with Crippen LogP contribution in [0.15, 0.2) is 42.5 Å². The minimum absolute atomic E-state index is 0.0418. The first kappa shape index (κ1) is 23.1. The molecule has 9 heteroatoms. The van der Waals surface area contributed by atoms with Gasteiger partial charge >= 0.3 is 10.2 Å². The van der Waals surface area contributed by atoms with E-state index in [1.807, 2.05) is 32.0 Å². The van der Waals surface area contributed by atoms with Crippen molar-refractivity contribution in [3.05, 3.63) is 59.2 Å². The van der Waals surface area contributed by atoms with Crippen LogP contribution >= 0.6 is 0 Å². The molecule has 182 valence electrons. The first-order valence-corrected chi connectivity index (χ1v) is 13.1. The van der Waals surface area contributed by atoms with Crippen molar-refractivity contribution >= 4 is 21.8 Å². The second-order valence-electron chi connectivity index (χ2n) is 9.65. The molecule has 1 N–H and O–H groups in total. The van der Waals surface area contributed by atoms with E-state index in [0.717, 1.165) is 24.0 Å². The minimum atomic E-state index is -3.59. The summed E-state index contributed by atoms with van der Waals surface area (Å²) in [4.78, 5) is 14.9. The van der Waals surface area contributed by atoms with Crippen LogP contribution in [0.2, 0.25) is 0 Å². The molecule has 34 heavy (non-hydrogen) atoms. The summed E-state index contributed by atoms with van der Waals surface area (Å²) >= 11 is 0. The van der Waals surface area contributed by atoms with Crippen LogP contribution in [0.5, 0.6) is 5.75 Å². The Hall–Kier alpha value is -2.62. The van der Waals surface area contributed by atoms with Crippen molar-refractivity contribution in [2.75, 3.05) is 31.5 Å². The topological polar surface area (TPSA) is 88.2 Å². The Bertz CT molecular complexity index is 1190. The number of aryl methyl sites for hydroxylation is 2. The van der Waals surface area contributed by atoms with E-state index >= 15 is 0 Å². The molecule has 4 aliphatic rings. The highest BCUT2D eigenvalue weighted by Crippen LogP contribution is 2.42. The van der Waals surface area contributed by atoms with Crippen LogP contribution in [0.1, 0.15) is 34.3 Å². The Morgan fingerprint density at radius 1 is 1.03 bits per heavy atom. The van der Waals surface area contributed by atoms with Crippen molar-refractivity contribution in [3.8, 4) is 5.75 Å². The average molecular weight is 486 g/mol. The number of likely N-dealkylation sites (tertiary alicyclic amines) is 1. The van der Waals surface area contributed by atoms with E-state index in [0.29, 0.717) is 42.6 Å². The molecular weight excluding hydrogens is 454 g/mol. The Morgan fingerprint density at radius 3 is 2.50 bits per heavy atom. The number of methoxy groups -OCH3 is 1. The summed E-state index contributed by atoms with van der Waals surface area (Å²) in [5.74, 6) is 0.984. The highest BCUT2D eigenvalue weighted by molar-refractivity contribution is 7.90. The lowest BCUT2D eigenvalue weighted by Gasteiger charge is -2.25. The lowest BCUT2D eigenvalue weighted by atomic mass is 9.87. The third-order valence-corrected chi connectivity index (χ3v) is 8.72. The van der Waals surface area contributed by atoms with Crippen molar-refractivity contribution in [2.24, 2.45) is 5.92 Å². The predicted molar refractivity (Wildman–Crippen MR) is 129 cm³/mol. The van der Waals surface area contributed by atoms with E-state index in [2.05, 4.69) is 4.72 Å². The average Bonchev–Trinajstić information content (AvgIpc) is 3.49. The van der Waals surface area contributed by atoms with E-state index in [1.54, 1.807) is 40.6 Å². The highest BCUT2D eigenvalue weighted by atomic mass is 32.2. The molecule has 0 spiro atoms. The van der Waals surface area contributed by atoms with Crippen LogP contribution in [-0.4, -0.2) is 68.5 Å². The zero-order chi connectivity index (χ0) is 24.0. The molecule has 2 aromatic carbocycles. The van der Waals surface area contributed by atoms with Crippen LogP contribution < -0.4 is 9.46 Å². The van der Waals surface area contributed by atoms with Crippen LogP contribution in [0.3, 0.4) is 0 Å². The Morgan fingerprint density at radius 2 is 1.79 bits per heavy atom. The van der Waals surface area contributed by atoms with E-state index in [1.165, 1.54) is 0 Å². The third kappa shape index (κ3) is 4.39. The number of hydrogen-bond acceptors (Lipinski definition) is 5. The number of ether oxygens (including phenoxy) is 2. The van der Waals surface area contributed by atoms with E-state index < -0.39 is 10.2 Å². The summed E-state index contributed by atoms with van der Waals surface area (Å²) < 4.78 is 41.7. The van der Waals surface area contributed by atoms with Gasteiger partial charge in [-0.15, -0.1) is 0 Å². The van der Waals surface area contributed by atoms with Crippen molar-refractivity contribution in [3.63, 3.8) is 0 Å². The van der Waals surface area contributed by atoms with Crippen molar-refractivity contribution in [1.82, 2.24) is 9.21 Å². The highest BCUT2D eigenvalue weighted by Gasteiger charge is 2.48. The standard InChI is InChI=1S/C25H31N3O5S/c1-16-7-8-17(2)22(9-16)25(29)27-14-23(32-3)24(15-27)33-21-6-4-5-19(12-21)26-34(30,31)28-13-18-10-20(28)11-18/h4-9,12,18,20,23-24,26H,10-11,13-15H2,1-3H3. The molecule has 1 saturated carbocycles. The third-order valence-electron chi connectivity index (χ3n) is 7.16. The molecule has 3 heterocycles. The molecule has 0 radical (unpaired) electrons. The quantitative estimate of drug-likeness (QED) is 0.652. The summed E-state index contributed by atoms with van der Waals surface area (Å²) in [6, 6.07) is 12.9. The molecule has 4 fully saturated rings. The van der Waals surface area contributed by atoms with Gasteiger partial charge in [0.25, 0.3) is 5.91 Å². The molecule has 0 aromatic heterocycles. The van der Waals surface area contributed by atoms with Crippen LogP contribution in [0.4, 0.5) is 5.69 Å². The molecule has 8 nitrogen and oxygen atoms in total. The van der Waals surface area contributed by atoms with Crippen molar-refractivity contribution in [2.45, 2.75) is 44.9 Å². The fourth-order valence-corrected chi connectivity index (χ4v) is 6.70. The number of nitrogens with one attached hydrogen (secondary N) is 1. The smallest absolute Gasteiger partial charge is 0.301 e. The number of fused-ring (bicyclic) bond motifs is 1. The maximum atomic E-state index is 13.2. The number of benzene rings is 2. The van der Waals surface area contributed by atoms with Gasteiger partial charge in [0, 0.05) is 31.3 Å². The molecule has 2 aromatic rings. The maximum Gasteiger partial charge on any atom is 0.301 e. The molecule has 1 amide bonds. The molecule has 6 rings (SSSR count). The molecule has 2 bridgehead atoms. The van der Waals surface area contributed by atoms with E-state index in [9.17, 15) is 13.2 Å². The van der Waals surface area contributed by atoms with Crippen molar-refractivity contribution in [1.29, 1.82) is 0 Å². The fourth-order valence-electron chi connectivity index (χ4n) is 5.18. The Balaban J connectivity index is 1.27. The first-order valence-electron chi connectivity index (χ1n) is 11.7. The van der Waals surface area contributed by atoms with E-state index in [-0.39, 0.29) is 24.2 Å². The Labute approximate surface area is 201 Å². The second-order valence-corrected chi connectivity index (χ2v) is 11.3. The lowest BCUT2D eigenvalue weighted by Crippen LogP contribution is -2.38. The van der Waals surface area contributed by atoms with Gasteiger partial charge in [0.05, 0.1) is 18.8 Å². The van der Waals surface area contributed by atoms with Crippen molar-refractivity contribution < 1.29 is 22.7 Å². The summed E-state index contributed by atoms with van der Waals surface area (Å²) in [5, 5.41) is 0. The monoisotopic (exact) mass is 485 g/mol. The largest absolute Gasteiger partial charge is 0.486 e. The van der Waals surface area contributed by atoms with Gasteiger partial charge in [0.1, 0.15) is 18.0 Å². The normalized spacial score (nSPS) is 26.4. The number of amides is 1. The van der Waals surface area contributed by atoms with Gasteiger partial charge in [-0.05, 0) is 56.4 Å². The number of nitrogens with zero attached hydrogens (tertiary/aromatic N) is 2. The van der Waals surface area contributed by atoms with Gasteiger partial charge in [-0.25, -0.2) is 0 Å². The molecular formula is C25H31N3O5S. The zero-order valence-corrected chi connectivity index (χ0v) is 20.5. The predicted octanol–water partition coefficient (Wildman–Crippen LogP) is 2.97. The maximum absolute atomic E-state index is 13.2. The number of carbonyl (C=O) groups is 1. The number of carbonyl (C=O) groups excluding carboxylic acids is 1. The van der Waals surface area contributed by atoms with Gasteiger partial charge in [0.15, 0.2) is 0 Å².